The lowest BCUT2D eigenvalue weighted by Crippen LogP contribution is -2.52. The normalized spacial score (nSPS) is 17.7. The van der Waals surface area contributed by atoms with Crippen LogP contribution < -0.4 is 15.6 Å². The zero-order valence-corrected chi connectivity index (χ0v) is 26.5. The number of benzene rings is 4. The summed E-state index contributed by atoms with van der Waals surface area (Å²) in [5.41, 5.74) is 2.01. The van der Waals surface area contributed by atoms with E-state index in [0.717, 1.165) is 5.56 Å². The Hall–Kier alpha value is -5.14. The van der Waals surface area contributed by atoms with E-state index < -0.39 is 47.6 Å². The van der Waals surface area contributed by atoms with Crippen LogP contribution in [0, 0.1) is 0 Å². The Morgan fingerprint density at radius 1 is 0.880 bits per heavy atom. The number of carbonyl (C=O) groups excluding carboxylic acids is 1. The van der Waals surface area contributed by atoms with Crippen LogP contribution in [0.4, 0.5) is 26.3 Å². The molecule has 1 heterocycles. The molecule has 0 fully saturated rings. The number of aliphatic imine (C=N–C) groups is 1. The fraction of sp³-hybridized carbons (Fsp3) is 0.243. The van der Waals surface area contributed by atoms with Crippen LogP contribution in [0.2, 0.25) is 0 Å². The monoisotopic (exact) mass is 697 g/mol. The lowest BCUT2D eigenvalue weighted by atomic mass is 9.84. The van der Waals surface area contributed by atoms with Gasteiger partial charge in [-0.2, -0.15) is 26.3 Å². The number of ether oxygens (including phenoxy) is 2. The summed E-state index contributed by atoms with van der Waals surface area (Å²) < 4.78 is 92.7. The van der Waals surface area contributed by atoms with Gasteiger partial charge in [-0.25, -0.2) is 10.4 Å². The lowest BCUT2D eigenvalue weighted by Gasteiger charge is -2.30. The fourth-order valence-electron chi connectivity index (χ4n) is 5.34. The Morgan fingerprint density at radius 3 is 2.10 bits per heavy atom. The van der Waals surface area contributed by atoms with Crippen molar-refractivity contribution in [1.29, 1.82) is 0 Å². The Kier molecular flexibility index (Phi) is 11.3. The number of amides is 1. The first kappa shape index (κ1) is 36.1. The molecule has 13 heteroatoms. The smallest absolute Gasteiger partial charge is 0.416 e. The summed E-state index contributed by atoms with van der Waals surface area (Å²) in [6.45, 7) is -0.263. The quantitative estimate of drug-likeness (QED) is 0.0758. The second-order valence-electron chi connectivity index (χ2n) is 11.4. The van der Waals surface area contributed by atoms with Gasteiger partial charge in [0, 0.05) is 31.6 Å². The maximum atomic E-state index is 14.2. The molecule has 262 valence electrons. The Morgan fingerprint density at radius 2 is 1.50 bits per heavy atom. The van der Waals surface area contributed by atoms with Gasteiger partial charge in [-0.1, -0.05) is 72.8 Å². The summed E-state index contributed by atoms with van der Waals surface area (Å²) in [6.07, 6.45) is -7.01. The molecular weight excluding hydrogens is 664 g/mol. The summed E-state index contributed by atoms with van der Waals surface area (Å²) >= 11 is 0. The van der Waals surface area contributed by atoms with E-state index in [9.17, 15) is 31.1 Å². The van der Waals surface area contributed by atoms with E-state index in [1.807, 2.05) is 30.3 Å². The number of hydrogen-bond acceptors (Lipinski definition) is 6. The van der Waals surface area contributed by atoms with Crippen molar-refractivity contribution in [1.82, 2.24) is 10.9 Å². The van der Waals surface area contributed by atoms with Crippen LogP contribution in [-0.2, 0) is 28.4 Å². The number of hydrogen-bond donors (Lipinski definition) is 3. The van der Waals surface area contributed by atoms with E-state index in [1.165, 1.54) is 0 Å². The summed E-state index contributed by atoms with van der Waals surface area (Å²) in [4.78, 5) is 19.0. The molecule has 4 aromatic carbocycles. The first-order valence-electron chi connectivity index (χ1n) is 15.6. The molecule has 1 aliphatic rings. The fourth-order valence-corrected chi connectivity index (χ4v) is 5.34. The molecular formula is C37H33F6N3O4. The second kappa shape index (κ2) is 15.6. The van der Waals surface area contributed by atoms with Crippen LogP contribution in [0.1, 0.15) is 52.3 Å². The summed E-state index contributed by atoms with van der Waals surface area (Å²) in [6, 6.07) is 26.1. The van der Waals surface area contributed by atoms with Crippen molar-refractivity contribution < 1.29 is 45.7 Å². The van der Waals surface area contributed by atoms with Crippen molar-refractivity contribution >= 4 is 17.9 Å². The third kappa shape index (κ3) is 8.90. The molecule has 2 atom stereocenters. The van der Waals surface area contributed by atoms with E-state index in [4.69, 9.17) is 19.6 Å². The van der Waals surface area contributed by atoms with Crippen LogP contribution in [0.3, 0.4) is 0 Å². The highest BCUT2D eigenvalue weighted by atomic mass is 19.4. The van der Waals surface area contributed by atoms with Gasteiger partial charge in [0.05, 0.1) is 17.7 Å². The van der Waals surface area contributed by atoms with E-state index in [2.05, 4.69) is 10.9 Å². The first-order valence-corrected chi connectivity index (χ1v) is 15.6. The van der Waals surface area contributed by atoms with Gasteiger partial charge in [-0.15, -0.1) is 0 Å². The predicted octanol–water partition coefficient (Wildman–Crippen LogP) is 7.67. The zero-order chi connectivity index (χ0) is 35.8. The molecule has 0 bridgehead atoms. The van der Waals surface area contributed by atoms with Crippen LogP contribution >= 0.6 is 0 Å². The molecule has 7 nitrogen and oxygen atoms in total. The largest absolute Gasteiger partial charge is 0.494 e. The topological polar surface area (TPSA) is 92.2 Å². The minimum Gasteiger partial charge on any atom is -0.494 e. The van der Waals surface area contributed by atoms with Crippen molar-refractivity contribution in [3.8, 4) is 5.75 Å². The number of aliphatic hydroxyl groups is 1. The van der Waals surface area contributed by atoms with Crippen molar-refractivity contribution in [3.05, 3.63) is 143 Å². The number of rotatable bonds is 13. The highest BCUT2D eigenvalue weighted by Crippen LogP contribution is 2.43. The molecule has 1 aliphatic heterocycles. The lowest BCUT2D eigenvalue weighted by molar-refractivity contribution is -0.143. The standard InChI is InChI=1S/C37H33F6N3O4/c38-36(39,40)29-21-26(22-30(23-29)37(41,42)43)24-44-46-34(48)35(18-7-11-25-9-3-1-4-10-25)32(27-12-5-2-6-13-27)50-33(45-35)28-14-16-31(17-15-28)49-20-8-19-47/h1-7,9-17,21-23,32,44,47H,8,18-20,24H2,(H,46,48)/b11-7+/t32-,35-/m0/s1. The minimum absolute atomic E-state index is 0.00258. The Labute approximate surface area is 284 Å². The molecule has 1 amide bonds. The van der Waals surface area contributed by atoms with Crippen LogP contribution in [0.15, 0.2) is 114 Å². The Bertz CT molecular complexity index is 1760. The Balaban J connectivity index is 1.48. The van der Waals surface area contributed by atoms with Gasteiger partial charge in [0.15, 0.2) is 11.6 Å². The van der Waals surface area contributed by atoms with Gasteiger partial charge in [0.1, 0.15) is 5.75 Å². The zero-order valence-electron chi connectivity index (χ0n) is 26.5. The molecule has 0 spiro atoms. The molecule has 5 rings (SSSR count). The van der Waals surface area contributed by atoms with Gasteiger partial charge in [0.2, 0.25) is 5.90 Å². The predicted molar refractivity (Wildman–Crippen MR) is 175 cm³/mol. The number of nitrogens with zero attached hydrogens (tertiary/aromatic N) is 1. The van der Waals surface area contributed by atoms with Gasteiger partial charge in [0.25, 0.3) is 5.91 Å². The maximum Gasteiger partial charge on any atom is 0.416 e. The van der Waals surface area contributed by atoms with Crippen molar-refractivity contribution in [2.24, 2.45) is 4.99 Å². The second-order valence-corrected chi connectivity index (χ2v) is 11.4. The van der Waals surface area contributed by atoms with E-state index in [1.54, 1.807) is 66.7 Å². The number of hydrazine groups is 1. The molecule has 3 N–H and O–H groups in total. The molecule has 0 aliphatic carbocycles. The van der Waals surface area contributed by atoms with Gasteiger partial charge in [-0.3, -0.25) is 10.2 Å². The molecule has 50 heavy (non-hydrogen) atoms. The average Bonchev–Trinajstić information content (AvgIpc) is 3.49. The SMILES string of the molecule is O=C(NNCc1cc(C(F)(F)F)cc(C(F)(F)F)c1)[C@@]1(C/C=C/c2ccccc2)N=C(c2ccc(OCCCO)cc2)O[C@H]1c1ccccc1. The minimum atomic E-state index is -5.02. The van der Waals surface area contributed by atoms with Crippen LogP contribution in [0.5, 0.6) is 5.75 Å². The van der Waals surface area contributed by atoms with Gasteiger partial charge < -0.3 is 14.6 Å². The number of alkyl halides is 6. The molecule has 4 aromatic rings. The summed E-state index contributed by atoms with van der Waals surface area (Å²) in [7, 11) is 0. The summed E-state index contributed by atoms with van der Waals surface area (Å²) in [5.74, 6) is -0.0505. The van der Waals surface area contributed by atoms with Gasteiger partial charge in [-0.05, 0) is 59.2 Å². The highest BCUT2D eigenvalue weighted by Gasteiger charge is 2.52. The first-order chi connectivity index (χ1) is 23.9. The van der Waals surface area contributed by atoms with Crippen molar-refractivity contribution in [3.63, 3.8) is 0 Å². The van der Waals surface area contributed by atoms with Gasteiger partial charge >= 0.3 is 12.4 Å². The molecule has 0 saturated carbocycles. The number of nitrogens with one attached hydrogen (secondary N) is 2. The number of halogens is 6. The average molecular weight is 698 g/mol. The van der Waals surface area contributed by atoms with E-state index >= 15 is 0 Å². The molecule has 0 unspecified atom stereocenters. The number of carbonyl (C=O) groups is 1. The summed E-state index contributed by atoms with van der Waals surface area (Å²) in [5, 5.41) is 9.03. The highest BCUT2D eigenvalue weighted by molar-refractivity contribution is 6.01. The van der Waals surface area contributed by atoms with Crippen LogP contribution in [0.25, 0.3) is 6.08 Å². The third-order valence-electron chi connectivity index (χ3n) is 7.81. The van der Waals surface area contributed by atoms with Crippen LogP contribution in [-0.4, -0.2) is 35.7 Å². The molecule has 0 saturated heterocycles. The van der Waals surface area contributed by atoms with E-state index in [0.29, 0.717) is 42.0 Å². The molecule has 0 aromatic heterocycles. The van der Waals surface area contributed by atoms with E-state index in [-0.39, 0.29) is 30.6 Å². The maximum absolute atomic E-state index is 14.2. The third-order valence-corrected chi connectivity index (χ3v) is 7.81. The molecule has 0 radical (unpaired) electrons. The van der Waals surface area contributed by atoms with Crippen molar-refractivity contribution in [2.45, 2.75) is 43.4 Å². The van der Waals surface area contributed by atoms with Crippen molar-refractivity contribution in [2.75, 3.05) is 13.2 Å². The number of aliphatic hydroxyl groups excluding tert-OH is 1.